The maximum atomic E-state index is 12.7. The number of carbonyl (C=O) groups excluding carboxylic acids is 1. The maximum Gasteiger partial charge on any atom is 0.252 e. The van der Waals surface area contributed by atoms with Crippen molar-refractivity contribution in [2.75, 3.05) is 11.1 Å². The molecule has 0 aliphatic heterocycles. The maximum absolute atomic E-state index is 12.7. The molecule has 1 saturated carbocycles. The normalized spacial score (nSPS) is 13.3. The molecule has 0 spiro atoms. The highest BCUT2D eigenvalue weighted by Crippen LogP contribution is 2.40. The molecule has 1 aromatic carbocycles. The largest absolute Gasteiger partial charge is 0.310 e. The summed E-state index contributed by atoms with van der Waals surface area (Å²) < 4.78 is 3.46. The van der Waals surface area contributed by atoms with E-state index < -0.39 is 0 Å². The molecule has 3 heterocycles. The lowest BCUT2D eigenvalue weighted by Gasteiger charge is -2.08. The number of hydrogen-bond acceptors (Lipinski definition) is 7. The van der Waals surface area contributed by atoms with E-state index in [4.69, 9.17) is 4.98 Å². The molecule has 3 aromatic heterocycles. The number of amides is 1. The Morgan fingerprint density at radius 2 is 1.70 bits per heavy atom. The lowest BCUT2D eigenvalue weighted by molar-refractivity contribution is -0.113. The molecular weight excluding hydrogens is 436 g/mol. The summed E-state index contributed by atoms with van der Waals surface area (Å²) in [5.41, 5.74) is 3.42. The summed E-state index contributed by atoms with van der Waals surface area (Å²) in [7, 11) is 0. The summed E-state index contributed by atoms with van der Waals surface area (Å²) in [6, 6.07) is 13.7. The first-order valence-corrected chi connectivity index (χ1v) is 11.8. The molecule has 4 aromatic rings. The minimum absolute atomic E-state index is 0.172. The Labute approximate surface area is 195 Å². The van der Waals surface area contributed by atoms with Crippen molar-refractivity contribution in [2.45, 2.75) is 44.7 Å². The number of hydrogen-bond donors (Lipinski definition) is 1. The van der Waals surface area contributed by atoms with Crippen molar-refractivity contribution in [3.63, 3.8) is 0 Å². The van der Waals surface area contributed by atoms with Gasteiger partial charge >= 0.3 is 0 Å². The SMILES string of the molecule is Cc1cc(C)nc(-n2nc(C)cc2NC(=O)CSc2nc(C3CC3)n(-c3ccccc3)n2)n1. The van der Waals surface area contributed by atoms with E-state index in [1.165, 1.54) is 11.8 Å². The van der Waals surface area contributed by atoms with Crippen LogP contribution in [0.3, 0.4) is 0 Å². The van der Waals surface area contributed by atoms with Crippen LogP contribution in [0.1, 0.15) is 41.7 Å². The number of benzene rings is 1. The van der Waals surface area contributed by atoms with E-state index in [9.17, 15) is 4.79 Å². The van der Waals surface area contributed by atoms with Crippen LogP contribution in [0, 0.1) is 20.8 Å². The van der Waals surface area contributed by atoms with Crippen LogP contribution in [0.4, 0.5) is 5.82 Å². The first kappa shape index (κ1) is 21.3. The third-order valence-electron chi connectivity index (χ3n) is 5.15. The zero-order valence-corrected chi connectivity index (χ0v) is 19.5. The van der Waals surface area contributed by atoms with Crippen molar-refractivity contribution < 1.29 is 4.79 Å². The Balaban J connectivity index is 1.30. The zero-order chi connectivity index (χ0) is 22.9. The van der Waals surface area contributed by atoms with Crippen LogP contribution in [0.5, 0.6) is 0 Å². The van der Waals surface area contributed by atoms with Gasteiger partial charge in [0.1, 0.15) is 11.6 Å². The van der Waals surface area contributed by atoms with Crippen LogP contribution >= 0.6 is 11.8 Å². The van der Waals surface area contributed by atoms with Crippen LogP contribution < -0.4 is 5.32 Å². The molecule has 9 nitrogen and oxygen atoms in total. The molecule has 0 radical (unpaired) electrons. The van der Waals surface area contributed by atoms with Crippen LogP contribution in [-0.4, -0.2) is 46.2 Å². The summed E-state index contributed by atoms with van der Waals surface area (Å²) >= 11 is 1.32. The van der Waals surface area contributed by atoms with Crippen molar-refractivity contribution in [1.29, 1.82) is 0 Å². The molecule has 0 unspecified atom stereocenters. The zero-order valence-electron chi connectivity index (χ0n) is 18.7. The molecule has 0 atom stereocenters. The van der Waals surface area contributed by atoms with Gasteiger partial charge in [-0.1, -0.05) is 30.0 Å². The number of aryl methyl sites for hydroxylation is 3. The highest BCUT2D eigenvalue weighted by Gasteiger charge is 2.30. The first-order chi connectivity index (χ1) is 16.0. The van der Waals surface area contributed by atoms with Crippen LogP contribution in [0.2, 0.25) is 0 Å². The number of carbonyl (C=O) groups is 1. The Morgan fingerprint density at radius 3 is 2.39 bits per heavy atom. The molecule has 33 heavy (non-hydrogen) atoms. The monoisotopic (exact) mass is 460 g/mol. The van der Waals surface area contributed by atoms with Gasteiger partial charge in [-0.2, -0.15) is 9.78 Å². The number of para-hydroxylation sites is 1. The minimum atomic E-state index is -0.172. The molecule has 0 bridgehead atoms. The van der Waals surface area contributed by atoms with E-state index in [0.717, 1.165) is 41.4 Å². The van der Waals surface area contributed by atoms with Gasteiger partial charge in [-0.15, -0.1) is 5.10 Å². The van der Waals surface area contributed by atoms with Gasteiger partial charge in [0.15, 0.2) is 0 Å². The van der Waals surface area contributed by atoms with E-state index in [0.29, 0.717) is 22.8 Å². The fourth-order valence-corrected chi connectivity index (χ4v) is 4.21. The topological polar surface area (TPSA) is 103 Å². The molecule has 1 aliphatic rings. The molecule has 0 saturated heterocycles. The highest BCUT2D eigenvalue weighted by molar-refractivity contribution is 7.99. The van der Waals surface area contributed by atoms with Crippen molar-refractivity contribution in [3.05, 3.63) is 65.4 Å². The van der Waals surface area contributed by atoms with Crippen molar-refractivity contribution in [3.8, 4) is 11.6 Å². The summed E-state index contributed by atoms with van der Waals surface area (Å²) in [5.74, 6) is 2.38. The second-order valence-electron chi connectivity index (χ2n) is 8.14. The Hall–Kier alpha value is -3.53. The third-order valence-corrected chi connectivity index (χ3v) is 5.98. The number of nitrogens with zero attached hydrogens (tertiary/aromatic N) is 7. The lowest BCUT2D eigenvalue weighted by atomic mass is 10.3. The van der Waals surface area contributed by atoms with Gasteiger partial charge in [-0.25, -0.2) is 19.6 Å². The van der Waals surface area contributed by atoms with Crippen LogP contribution in [-0.2, 0) is 4.79 Å². The van der Waals surface area contributed by atoms with E-state index in [1.54, 1.807) is 10.7 Å². The summed E-state index contributed by atoms with van der Waals surface area (Å²) in [6.45, 7) is 5.67. The van der Waals surface area contributed by atoms with Gasteiger partial charge < -0.3 is 5.32 Å². The molecular formula is C23H24N8OS. The van der Waals surface area contributed by atoms with Crippen molar-refractivity contribution in [2.24, 2.45) is 0 Å². The number of aromatic nitrogens is 7. The molecule has 5 rings (SSSR count). The van der Waals surface area contributed by atoms with E-state index in [2.05, 4.69) is 25.5 Å². The van der Waals surface area contributed by atoms with Crippen molar-refractivity contribution >= 4 is 23.5 Å². The standard InChI is InChI=1S/C23H24N8OS/c1-14-11-15(2)25-22(24-14)31-19(12-16(3)28-31)26-20(32)13-33-23-27-21(17-9-10-17)30(29-23)18-7-5-4-6-8-18/h4-8,11-12,17H,9-10,13H2,1-3H3,(H,26,32). The van der Waals surface area contributed by atoms with E-state index in [1.807, 2.05) is 61.9 Å². The fourth-order valence-electron chi connectivity index (χ4n) is 3.58. The summed E-state index contributed by atoms with van der Waals surface area (Å²) in [6.07, 6.45) is 2.25. The van der Waals surface area contributed by atoms with Gasteiger partial charge in [-0.3, -0.25) is 4.79 Å². The molecule has 1 aliphatic carbocycles. The van der Waals surface area contributed by atoms with Gasteiger partial charge in [0.25, 0.3) is 5.95 Å². The van der Waals surface area contributed by atoms with Crippen LogP contribution in [0.15, 0.2) is 47.6 Å². The van der Waals surface area contributed by atoms with Gasteiger partial charge in [0.2, 0.25) is 11.1 Å². The van der Waals surface area contributed by atoms with E-state index in [-0.39, 0.29) is 11.7 Å². The number of nitrogens with one attached hydrogen (secondary N) is 1. The predicted molar refractivity (Wildman–Crippen MR) is 126 cm³/mol. The lowest BCUT2D eigenvalue weighted by Crippen LogP contribution is -2.18. The van der Waals surface area contributed by atoms with E-state index >= 15 is 0 Å². The van der Waals surface area contributed by atoms with Gasteiger partial charge in [-0.05, 0) is 51.8 Å². The minimum Gasteiger partial charge on any atom is -0.310 e. The summed E-state index contributed by atoms with van der Waals surface area (Å²) in [4.78, 5) is 26.4. The average Bonchev–Trinajstić information content (AvgIpc) is 3.44. The average molecular weight is 461 g/mol. The smallest absolute Gasteiger partial charge is 0.252 e. The summed E-state index contributed by atoms with van der Waals surface area (Å²) in [5, 5.41) is 12.6. The number of thioether (sulfide) groups is 1. The molecule has 10 heteroatoms. The Bertz CT molecular complexity index is 1290. The Kier molecular flexibility index (Phi) is 5.67. The Morgan fingerprint density at radius 1 is 0.970 bits per heavy atom. The van der Waals surface area contributed by atoms with Gasteiger partial charge in [0, 0.05) is 23.4 Å². The first-order valence-electron chi connectivity index (χ1n) is 10.8. The molecule has 1 N–H and O–H groups in total. The number of anilines is 1. The number of rotatable bonds is 7. The van der Waals surface area contributed by atoms with Crippen molar-refractivity contribution in [1.82, 2.24) is 34.5 Å². The molecule has 1 fully saturated rings. The highest BCUT2D eigenvalue weighted by atomic mass is 32.2. The quantitative estimate of drug-likeness (QED) is 0.419. The second-order valence-corrected chi connectivity index (χ2v) is 9.09. The predicted octanol–water partition coefficient (Wildman–Crippen LogP) is 3.78. The molecule has 168 valence electrons. The second kappa shape index (κ2) is 8.78. The van der Waals surface area contributed by atoms with Crippen LogP contribution in [0.25, 0.3) is 11.6 Å². The van der Waals surface area contributed by atoms with Gasteiger partial charge in [0.05, 0.1) is 17.1 Å². The third kappa shape index (κ3) is 4.80. The fraction of sp³-hybridized carbons (Fsp3) is 0.304. The molecule has 1 amide bonds.